The standard InChI is InChI=1S/C13H10BrClN2O2/c14-11-5-10(7-17-12(11)15)16-6-8-1-3-9(4-2-8)13(18)19/h1-5,7,16H,6H2,(H,18,19). The van der Waals surface area contributed by atoms with Gasteiger partial charge in [-0.1, -0.05) is 23.7 Å². The molecule has 0 fully saturated rings. The molecule has 2 rings (SSSR count). The smallest absolute Gasteiger partial charge is 0.335 e. The van der Waals surface area contributed by atoms with Crippen molar-refractivity contribution in [2.75, 3.05) is 5.32 Å². The summed E-state index contributed by atoms with van der Waals surface area (Å²) in [5.74, 6) is -0.926. The third kappa shape index (κ3) is 3.68. The van der Waals surface area contributed by atoms with Crippen LogP contribution in [0.3, 0.4) is 0 Å². The lowest BCUT2D eigenvalue weighted by Gasteiger charge is -2.07. The van der Waals surface area contributed by atoms with Crippen molar-refractivity contribution in [1.82, 2.24) is 4.98 Å². The van der Waals surface area contributed by atoms with Crippen molar-refractivity contribution in [3.63, 3.8) is 0 Å². The molecule has 0 amide bonds. The monoisotopic (exact) mass is 340 g/mol. The number of nitrogens with zero attached hydrogens (tertiary/aromatic N) is 1. The minimum atomic E-state index is -0.926. The fraction of sp³-hybridized carbons (Fsp3) is 0.0769. The summed E-state index contributed by atoms with van der Waals surface area (Å²) >= 11 is 9.10. The zero-order valence-corrected chi connectivity index (χ0v) is 12.1. The maximum Gasteiger partial charge on any atom is 0.335 e. The summed E-state index contributed by atoms with van der Waals surface area (Å²) in [6, 6.07) is 8.54. The highest BCUT2D eigenvalue weighted by Crippen LogP contribution is 2.23. The minimum absolute atomic E-state index is 0.277. The van der Waals surface area contributed by atoms with Crippen molar-refractivity contribution in [2.24, 2.45) is 0 Å². The summed E-state index contributed by atoms with van der Waals surface area (Å²) in [4.78, 5) is 14.7. The number of halogens is 2. The van der Waals surface area contributed by atoms with Crippen LogP contribution in [0.15, 0.2) is 41.0 Å². The summed E-state index contributed by atoms with van der Waals surface area (Å²) in [6.07, 6.45) is 1.64. The second-order valence-corrected chi connectivity index (χ2v) is 5.06. The molecule has 1 aromatic heterocycles. The largest absolute Gasteiger partial charge is 0.478 e. The van der Waals surface area contributed by atoms with Gasteiger partial charge in [0, 0.05) is 6.54 Å². The Bertz CT molecular complexity index is 602. The van der Waals surface area contributed by atoms with Crippen LogP contribution >= 0.6 is 27.5 Å². The van der Waals surface area contributed by atoms with Gasteiger partial charge in [0.15, 0.2) is 0 Å². The van der Waals surface area contributed by atoms with Crippen LogP contribution in [-0.4, -0.2) is 16.1 Å². The number of hydrogen-bond donors (Lipinski definition) is 2. The molecule has 2 N–H and O–H groups in total. The molecular formula is C13H10BrClN2O2. The Morgan fingerprint density at radius 3 is 2.63 bits per heavy atom. The van der Waals surface area contributed by atoms with Crippen molar-refractivity contribution >= 4 is 39.2 Å². The van der Waals surface area contributed by atoms with E-state index in [4.69, 9.17) is 16.7 Å². The van der Waals surface area contributed by atoms with Gasteiger partial charge in [0.25, 0.3) is 0 Å². The second-order valence-electron chi connectivity index (χ2n) is 3.85. The third-order valence-corrected chi connectivity index (χ3v) is 3.63. The van der Waals surface area contributed by atoms with Gasteiger partial charge < -0.3 is 10.4 Å². The molecule has 0 aliphatic rings. The maximum atomic E-state index is 10.7. The van der Waals surface area contributed by atoms with Gasteiger partial charge in [0.05, 0.1) is 21.9 Å². The highest BCUT2D eigenvalue weighted by Gasteiger charge is 2.03. The number of rotatable bonds is 4. The van der Waals surface area contributed by atoms with E-state index in [2.05, 4.69) is 26.2 Å². The van der Waals surface area contributed by atoms with Gasteiger partial charge in [-0.25, -0.2) is 9.78 Å². The van der Waals surface area contributed by atoms with E-state index in [-0.39, 0.29) is 5.56 Å². The van der Waals surface area contributed by atoms with E-state index in [1.807, 2.05) is 6.07 Å². The number of anilines is 1. The lowest BCUT2D eigenvalue weighted by molar-refractivity contribution is 0.0697. The van der Waals surface area contributed by atoms with Gasteiger partial charge >= 0.3 is 5.97 Å². The Kier molecular flexibility index (Phi) is 4.39. The van der Waals surface area contributed by atoms with Gasteiger partial charge in [0.1, 0.15) is 5.15 Å². The van der Waals surface area contributed by atoms with Crippen molar-refractivity contribution in [3.8, 4) is 0 Å². The molecule has 0 spiro atoms. The van der Waals surface area contributed by atoms with Crippen LogP contribution in [0.5, 0.6) is 0 Å². The van der Waals surface area contributed by atoms with E-state index >= 15 is 0 Å². The van der Waals surface area contributed by atoms with E-state index in [1.165, 1.54) is 0 Å². The van der Waals surface area contributed by atoms with Crippen molar-refractivity contribution in [2.45, 2.75) is 6.54 Å². The molecule has 2 aromatic rings. The number of nitrogens with one attached hydrogen (secondary N) is 1. The lowest BCUT2D eigenvalue weighted by Crippen LogP contribution is -2.01. The molecule has 0 atom stereocenters. The Labute approximate surface area is 123 Å². The molecule has 0 aliphatic heterocycles. The van der Waals surface area contributed by atoms with E-state index < -0.39 is 5.97 Å². The number of pyridine rings is 1. The van der Waals surface area contributed by atoms with Crippen LogP contribution in [-0.2, 0) is 6.54 Å². The van der Waals surface area contributed by atoms with Gasteiger partial charge in [0.2, 0.25) is 0 Å². The first-order valence-corrected chi connectivity index (χ1v) is 6.60. The zero-order valence-electron chi connectivity index (χ0n) is 9.73. The Morgan fingerprint density at radius 2 is 2.05 bits per heavy atom. The molecule has 0 aliphatic carbocycles. The van der Waals surface area contributed by atoms with Gasteiger partial charge in [-0.15, -0.1) is 0 Å². The fourth-order valence-electron chi connectivity index (χ4n) is 1.49. The number of aromatic carboxylic acids is 1. The predicted molar refractivity (Wildman–Crippen MR) is 77.7 cm³/mol. The van der Waals surface area contributed by atoms with E-state index in [1.54, 1.807) is 30.5 Å². The minimum Gasteiger partial charge on any atom is -0.478 e. The van der Waals surface area contributed by atoms with Gasteiger partial charge in [-0.05, 0) is 39.7 Å². The normalized spacial score (nSPS) is 10.2. The number of carboxylic acids is 1. The molecule has 1 aromatic carbocycles. The fourth-order valence-corrected chi connectivity index (χ4v) is 1.94. The first-order valence-electron chi connectivity index (χ1n) is 5.43. The van der Waals surface area contributed by atoms with Crippen molar-refractivity contribution in [3.05, 3.63) is 57.3 Å². The Balaban J connectivity index is 2.01. The third-order valence-electron chi connectivity index (χ3n) is 2.49. The maximum absolute atomic E-state index is 10.7. The van der Waals surface area contributed by atoms with E-state index in [0.717, 1.165) is 15.7 Å². The average Bonchev–Trinajstić information content (AvgIpc) is 2.40. The van der Waals surface area contributed by atoms with Gasteiger partial charge in [-0.2, -0.15) is 0 Å². The Morgan fingerprint density at radius 1 is 1.37 bits per heavy atom. The first-order chi connectivity index (χ1) is 9.06. The summed E-state index contributed by atoms with van der Waals surface area (Å²) in [7, 11) is 0. The molecule has 1 heterocycles. The molecule has 4 nitrogen and oxygen atoms in total. The molecule has 6 heteroatoms. The van der Waals surface area contributed by atoms with Crippen LogP contribution in [0.2, 0.25) is 5.15 Å². The zero-order chi connectivity index (χ0) is 13.8. The summed E-state index contributed by atoms with van der Waals surface area (Å²) in [6.45, 7) is 0.579. The quantitative estimate of drug-likeness (QED) is 0.830. The molecule has 0 bridgehead atoms. The van der Waals surface area contributed by atoms with E-state index in [0.29, 0.717) is 11.7 Å². The highest BCUT2D eigenvalue weighted by atomic mass is 79.9. The number of carboxylic acid groups (broad SMARTS) is 1. The van der Waals surface area contributed by atoms with Crippen molar-refractivity contribution < 1.29 is 9.90 Å². The second kappa shape index (κ2) is 6.04. The van der Waals surface area contributed by atoms with Crippen LogP contribution in [0.1, 0.15) is 15.9 Å². The highest BCUT2D eigenvalue weighted by molar-refractivity contribution is 9.10. The Hall–Kier alpha value is -1.59. The van der Waals surface area contributed by atoms with Crippen LogP contribution < -0.4 is 5.32 Å². The topological polar surface area (TPSA) is 62.2 Å². The number of carbonyl (C=O) groups is 1. The summed E-state index contributed by atoms with van der Waals surface area (Å²) in [5, 5.41) is 12.4. The molecule has 19 heavy (non-hydrogen) atoms. The molecule has 0 radical (unpaired) electrons. The molecular weight excluding hydrogens is 332 g/mol. The predicted octanol–water partition coefficient (Wildman–Crippen LogP) is 3.81. The molecule has 0 saturated heterocycles. The molecule has 0 unspecified atom stereocenters. The first kappa shape index (κ1) is 13.8. The molecule has 0 saturated carbocycles. The SMILES string of the molecule is O=C(O)c1ccc(CNc2cnc(Cl)c(Br)c2)cc1. The molecule has 98 valence electrons. The van der Waals surface area contributed by atoms with Crippen LogP contribution in [0.4, 0.5) is 5.69 Å². The average molecular weight is 342 g/mol. The van der Waals surface area contributed by atoms with Crippen molar-refractivity contribution in [1.29, 1.82) is 0 Å². The lowest BCUT2D eigenvalue weighted by atomic mass is 10.1. The summed E-state index contributed by atoms with van der Waals surface area (Å²) < 4.78 is 0.723. The number of hydrogen-bond acceptors (Lipinski definition) is 3. The van der Waals surface area contributed by atoms with E-state index in [9.17, 15) is 4.79 Å². The number of aromatic nitrogens is 1. The van der Waals surface area contributed by atoms with Crippen LogP contribution in [0, 0.1) is 0 Å². The van der Waals surface area contributed by atoms with Gasteiger partial charge in [-0.3, -0.25) is 0 Å². The van der Waals surface area contributed by atoms with Crippen LogP contribution in [0.25, 0.3) is 0 Å². The number of benzene rings is 1. The summed E-state index contributed by atoms with van der Waals surface area (Å²) in [5.41, 5.74) is 2.09.